The van der Waals surface area contributed by atoms with Gasteiger partial charge in [-0.2, -0.15) is 0 Å². The van der Waals surface area contributed by atoms with Crippen molar-refractivity contribution in [3.05, 3.63) is 0 Å². The summed E-state index contributed by atoms with van der Waals surface area (Å²) in [5.41, 5.74) is 0. The Balaban J connectivity index is 3.10. The minimum absolute atomic E-state index is 0.858. The van der Waals surface area contributed by atoms with Crippen LogP contribution in [0, 0.1) is 0 Å². The van der Waals surface area contributed by atoms with Gasteiger partial charge in [0.1, 0.15) is 0 Å². The van der Waals surface area contributed by atoms with Gasteiger partial charge < -0.3 is 0 Å². The first-order chi connectivity index (χ1) is 8.81. The van der Waals surface area contributed by atoms with Crippen LogP contribution in [0.5, 0.6) is 0 Å². The van der Waals surface area contributed by atoms with Crippen molar-refractivity contribution in [1.29, 1.82) is 0 Å². The molecule has 0 saturated heterocycles. The molecular weight excluding hydrogens is 323 g/mol. The summed E-state index contributed by atoms with van der Waals surface area (Å²) in [4.78, 5) is 2.65. The molecule has 0 aromatic heterocycles. The molecule has 0 aromatic carbocycles. The van der Waals surface area contributed by atoms with E-state index in [2.05, 4.69) is 18.8 Å². The van der Waals surface area contributed by atoms with E-state index in [-0.39, 0.29) is 0 Å². The Morgan fingerprint density at radius 2 is 0.833 bits per heavy atom. The van der Waals surface area contributed by atoms with Crippen LogP contribution in [0.2, 0.25) is 13.8 Å². The molecule has 0 rings (SSSR count). The maximum absolute atomic E-state index is 2.65. The third-order valence-corrected chi connectivity index (χ3v) is 10.8. The molecule has 18 heavy (non-hydrogen) atoms. The summed E-state index contributed by atoms with van der Waals surface area (Å²) in [6.45, 7) is 4.61. The molecule has 0 saturated carbocycles. The van der Waals surface area contributed by atoms with Crippen molar-refractivity contribution in [3.63, 3.8) is 0 Å². The molecular formula is C17H37Sn. The first kappa shape index (κ1) is 18.8. The van der Waals surface area contributed by atoms with E-state index >= 15 is 0 Å². The topological polar surface area (TPSA) is 0 Å². The Hall–Kier alpha value is 0.799. The summed E-state index contributed by atoms with van der Waals surface area (Å²) < 4.78 is 3.34. The van der Waals surface area contributed by atoms with E-state index in [9.17, 15) is 0 Å². The zero-order valence-corrected chi connectivity index (χ0v) is 16.3. The summed E-state index contributed by atoms with van der Waals surface area (Å²) in [5, 5.41) is 0. The van der Waals surface area contributed by atoms with E-state index in [1.165, 1.54) is 64.2 Å². The normalized spacial score (nSPS) is 11.3. The molecule has 0 N–H and O–H groups in total. The molecule has 1 heteroatoms. The van der Waals surface area contributed by atoms with E-state index < -0.39 is 19.8 Å². The molecule has 0 nitrogen and oxygen atoms in total. The zero-order valence-electron chi connectivity index (χ0n) is 13.4. The van der Waals surface area contributed by atoms with Crippen LogP contribution < -0.4 is 0 Å². The second-order valence-electron chi connectivity index (χ2n) is 5.99. The zero-order chi connectivity index (χ0) is 13.5. The third-order valence-electron chi connectivity index (χ3n) is 3.91. The number of hydrogen-bond acceptors (Lipinski definition) is 0. The molecule has 0 aromatic rings. The van der Waals surface area contributed by atoms with Gasteiger partial charge in [-0.15, -0.1) is 0 Å². The average molecular weight is 360 g/mol. The minimum atomic E-state index is -0.858. The third kappa shape index (κ3) is 14.9. The molecule has 0 unspecified atom stereocenters. The van der Waals surface area contributed by atoms with Gasteiger partial charge in [-0.05, 0) is 0 Å². The van der Waals surface area contributed by atoms with Crippen LogP contribution in [0.15, 0.2) is 0 Å². The van der Waals surface area contributed by atoms with Gasteiger partial charge in [0.15, 0.2) is 0 Å². The molecule has 0 fully saturated rings. The second-order valence-corrected chi connectivity index (χ2v) is 14.3. The number of unbranched alkanes of at least 4 members (excludes halogenated alkanes) is 10. The van der Waals surface area contributed by atoms with Crippen LogP contribution >= 0.6 is 0 Å². The molecule has 0 bridgehead atoms. The van der Waals surface area contributed by atoms with E-state index in [0.717, 1.165) is 0 Å². The maximum atomic E-state index is 2.65. The Morgan fingerprint density at radius 3 is 1.22 bits per heavy atom. The van der Waals surface area contributed by atoms with Gasteiger partial charge >= 0.3 is 124 Å². The predicted molar refractivity (Wildman–Crippen MR) is 88.0 cm³/mol. The summed E-state index contributed by atoms with van der Waals surface area (Å²) >= 11 is -0.858. The van der Waals surface area contributed by atoms with Gasteiger partial charge in [0.25, 0.3) is 0 Å². The van der Waals surface area contributed by atoms with Crippen LogP contribution in [-0.4, -0.2) is 19.8 Å². The van der Waals surface area contributed by atoms with Gasteiger partial charge in [0.2, 0.25) is 0 Å². The molecule has 0 aliphatic heterocycles. The summed E-state index contributed by atoms with van der Waals surface area (Å²) in [6, 6.07) is 0. The van der Waals surface area contributed by atoms with Crippen molar-refractivity contribution in [2.75, 3.05) is 0 Å². The van der Waals surface area contributed by atoms with Crippen LogP contribution in [0.25, 0.3) is 0 Å². The van der Waals surface area contributed by atoms with Gasteiger partial charge in [0, 0.05) is 0 Å². The first-order valence-electron chi connectivity index (χ1n) is 8.62. The number of hydrogen-bond donors (Lipinski definition) is 0. The first-order valence-corrected chi connectivity index (χ1v) is 15.5. The molecule has 0 aliphatic carbocycles. The SMILES string of the molecule is CCCCCCC[CH2][Sn]([CH3])[CH2]CCCCCCC. The molecule has 109 valence electrons. The Kier molecular flexibility index (Phi) is 16.6. The molecule has 0 spiro atoms. The Labute approximate surface area is 124 Å². The number of rotatable bonds is 14. The fourth-order valence-electron chi connectivity index (χ4n) is 2.54. The van der Waals surface area contributed by atoms with Gasteiger partial charge in [-0.25, -0.2) is 0 Å². The molecule has 0 aliphatic rings. The molecule has 0 atom stereocenters. The van der Waals surface area contributed by atoms with E-state index in [1.54, 1.807) is 21.7 Å². The standard InChI is InChI=1S/2C8H17.CH3.Sn/c2*1-3-5-7-8-6-4-2;;/h2*1,3-8H2,2H3;1H3;. The van der Waals surface area contributed by atoms with Crippen LogP contribution in [0.1, 0.15) is 90.9 Å². The van der Waals surface area contributed by atoms with Gasteiger partial charge in [-0.3, -0.25) is 0 Å². The van der Waals surface area contributed by atoms with Crippen molar-refractivity contribution < 1.29 is 0 Å². The monoisotopic (exact) mass is 361 g/mol. The van der Waals surface area contributed by atoms with E-state index in [0.29, 0.717) is 0 Å². The quantitative estimate of drug-likeness (QED) is 0.235. The summed E-state index contributed by atoms with van der Waals surface area (Å²) in [6.07, 6.45) is 17.8. The van der Waals surface area contributed by atoms with Gasteiger partial charge in [0.05, 0.1) is 0 Å². The molecule has 0 amide bonds. The Bertz CT molecular complexity index is 129. The fraction of sp³-hybridized carbons (Fsp3) is 1.00. The fourth-order valence-corrected chi connectivity index (χ4v) is 8.12. The van der Waals surface area contributed by atoms with E-state index in [1.807, 2.05) is 0 Å². The Morgan fingerprint density at radius 1 is 0.500 bits per heavy atom. The van der Waals surface area contributed by atoms with Crippen molar-refractivity contribution in [3.8, 4) is 0 Å². The van der Waals surface area contributed by atoms with Gasteiger partial charge in [-0.1, -0.05) is 0 Å². The van der Waals surface area contributed by atoms with Crippen molar-refractivity contribution in [2.45, 2.75) is 105 Å². The van der Waals surface area contributed by atoms with Crippen LogP contribution in [0.3, 0.4) is 0 Å². The predicted octanol–water partition coefficient (Wildman–Crippen LogP) is 6.83. The van der Waals surface area contributed by atoms with Crippen molar-refractivity contribution in [2.24, 2.45) is 0 Å². The summed E-state index contributed by atoms with van der Waals surface area (Å²) in [5.74, 6) is 0. The van der Waals surface area contributed by atoms with Crippen LogP contribution in [0.4, 0.5) is 0 Å². The average Bonchev–Trinajstić information content (AvgIpc) is 2.38. The van der Waals surface area contributed by atoms with Crippen molar-refractivity contribution >= 4 is 19.8 Å². The molecule has 1 radical (unpaired) electrons. The second kappa shape index (κ2) is 15.9. The summed E-state index contributed by atoms with van der Waals surface area (Å²) in [7, 11) is 0. The molecule has 0 heterocycles. The van der Waals surface area contributed by atoms with E-state index in [4.69, 9.17) is 0 Å². The van der Waals surface area contributed by atoms with Crippen LogP contribution in [-0.2, 0) is 0 Å². The van der Waals surface area contributed by atoms with Crippen molar-refractivity contribution in [1.82, 2.24) is 0 Å².